The van der Waals surface area contributed by atoms with Crippen LogP contribution in [0.25, 0.3) is 10.9 Å². The largest absolute Gasteiger partial charge is 0.361 e. The van der Waals surface area contributed by atoms with Gasteiger partial charge in [-0.2, -0.15) is 0 Å². The van der Waals surface area contributed by atoms with Crippen LogP contribution in [0.3, 0.4) is 0 Å². The second kappa shape index (κ2) is 7.75. The summed E-state index contributed by atoms with van der Waals surface area (Å²) in [4.78, 5) is 20.3. The van der Waals surface area contributed by atoms with Crippen LogP contribution in [-0.2, 0) is 17.8 Å². The van der Waals surface area contributed by atoms with Crippen molar-refractivity contribution in [3.63, 3.8) is 0 Å². The molecule has 134 valence electrons. The molecule has 0 atom stereocenters. The number of nitrogens with zero attached hydrogens (tertiary/aromatic N) is 2. The molecule has 3 aromatic rings. The number of amides is 1. The first-order valence-corrected chi connectivity index (χ1v) is 9.38. The van der Waals surface area contributed by atoms with Gasteiger partial charge in [-0.1, -0.05) is 48.5 Å². The normalized spacial score (nSPS) is 15.5. The van der Waals surface area contributed by atoms with Crippen LogP contribution in [0.2, 0.25) is 0 Å². The molecule has 4 heteroatoms. The molecule has 0 saturated carbocycles. The number of aromatic amines is 1. The summed E-state index contributed by atoms with van der Waals surface area (Å²) in [5.41, 5.74) is 3.72. The smallest absolute Gasteiger partial charge is 0.222 e. The van der Waals surface area contributed by atoms with Gasteiger partial charge in [0.15, 0.2) is 0 Å². The molecular weight excluding hydrogens is 322 g/mol. The Labute approximate surface area is 154 Å². The van der Waals surface area contributed by atoms with E-state index in [-0.39, 0.29) is 5.91 Å². The van der Waals surface area contributed by atoms with Crippen LogP contribution < -0.4 is 0 Å². The molecule has 1 fully saturated rings. The first kappa shape index (κ1) is 16.9. The van der Waals surface area contributed by atoms with Gasteiger partial charge in [-0.05, 0) is 23.6 Å². The quantitative estimate of drug-likeness (QED) is 0.768. The van der Waals surface area contributed by atoms with E-state index in [4.69, 9.17) is 0 Å². The van der Waals surface area contributed by atoms with Crippen molar-refractivity contribution in [3.05, 3.63) is 71.9 Å². The first-order valence-electron chi connectivity index (χ1n) is 9.38. The highest BCUT2D eigenvalue weighted by molar-refractivity contribution is 5.84. The van der Waals surface area contributed by atoms with Crippen molar-refractivity contribution in [1.29, 1.82) is 0 Å². The summed E-state index contributed by atoms with van der Waals surface area (Å²) >= 11 is 0. The summed E-state index contributed by atoms with van der Waals surface area (Å²) in [5.74, 6) is 0.273. The Morgan fingerprint density at radius 2 is 1.65 bits per heavy atom. The van der Waals surface area contributed by atoms with Gasteiger partial charge in [0.05, 0.1) is 0 Å². The number of fused-ring (bicyclic) bond motifs is 1. The second-order valence-corrected chi connectivity index (χ2v) is 7.00. The average molecular weight is 347 g/mol. The number of carbonyl (C=O) groups is 1. The van der Waals surface area contributed by atoms with Crippen LogP contribution >= 0.6 is 0 Å². The fourth-order valence-electron chi connectivity index (χ4n) is 3.74. The Bertz CT molecular complexity index is 863. The predicted octanol–water partition coefficient (Wildman–Crippen LogP) is 3.44. The zero-order chi connectivity index (χ0) is 17.8. The Balaban J connectivity index is 1.27. The van der Waals surface area contributed by atoms with E-state index < -0.39 is 0 Å². The molecule has 1 aliphatic heterocycles. The Kier molecular flexibility index (Phi) is 5.02. The number of nitrogens with one attached hydrogen (secondary N) is 1. The van der Waals surface area contributed by atoms with Crippen LogP contribution in [0.15, 0.2) is 60.8 Å². The van der Waals surface area contributed by atoms with Crippen molar-refractivity contribution in [1.82, 2.24) is 14.8 Å². The summed E-state index contributed by atoms with van der Waals surface area (Å²) < 4.78 is 0. The molecule has 26 heavy (non-hydrogen) atoms. The summed E-state index contributed by atoms with van der Waals surface area (Å²) in [6, 6.07) is 18.8. The van der Waals surface area contributed by atoms with Gasteiger partial charge in [-0.3, -0.25) is 9.69 Å². The highest BCUT2D eigenvalue weighted by Crippen LogP contribution is 2.19. The lowest BCUT2D eigenvalue weighted by Gasteiger charge is -2.34. The van der Waals surface area contributed by atoms with Gasteiger partial charge in [-0.15, -0.1) is 0 Å². The number of rotatable bonds is 5. The maximum atomic E-state index is 12.6. The minimum Gasteiger partial charge on any atom is -0.361 e. The topological polar surface area (TPSA) is 39.3 Å². The number of hydrogen-bond donors (Lipinski definition) is 1. The predicted molar refractivity (Wildman–Crippen MR) is 105 cm³/mol. The third-order valence-corrected chi connectivity index (χ3v) is 5.26. The molecule has 1 aliphatic rings. The van der Waals surface area contributed by atoms with Crippen molar-refractivity contribution in [3.8, 4) is 0 Å². The minimum absolute atomic E-state index is 0.273. The third-order valence-electron chi connectivity index (χ3n) is 5.26. The fraction of sp³-hybridized carbons (Fsp3) is 0.318. The van der Waals surface area contributed by atoms with Gasteiger partial charge < -0.3 is 9.88 Å². The number of benzene rings is 2. The van der Waals surface area contributed by atoms with Gasteiger partial charge in [0, 0.05) is 56.2 Å². The van der Waals surface area contributed by atoms with E-state index in [0.717, 1.165) is 44.7 Å². The van der Waals surface area contributed by atoms with Gasteiger partial charge >= 0.3 is 0 Å². The van der Waals surface area contributed by atoms with E-state index in [9.17, 15) is 4.79 Å². The van der Waals surface area contributed by atoms with E-state index in [2.05, 4.69) is 46.3 Å². The number of aromatic nitrogens is 1. The lowest BCUT2D eigenvalue weighted by Crippen LogP contribution is -2.48. The number of hydrogen-bond acceptors (Lipinski definition) is 2. The minimum atomic E-state index is 0.273. The maximum absolute atomic E-state index is 12.6. The number of para-hydroxylation sites is 1. The first-order chi connectivity index (χ1) is 12.8. The number of H-pyrrole nitrogens is 1. The summed E-state index contributed by atoms with van der Waals surface area (Å²) in [7, 11) is 0. The molecule has 2 heterocycles. The van der Waals surface area contributed by atoms with E-state index in [0.29, 0.717) is 6.42 Å². The van der Waals surface area contributed by atoms with E-state index in [1.54, 1.807) is 0 Å². The van der Waals surface area contributed by atoms with Gasteiger partial charge in [0.25, 0.3) is 0 Å². The van der Waals surface area contributed by atoms with E-state index in [1.807, 2.05) is 29.3 Å². The Morgan fingerprint density at radius 1 is 0.923 bits per heavy atom. The molecule has 0 radical (unpaired) electrons. The Hall–Kier alpha value is -2.59. The summed E-state index contributed by atoms with van der Waals surface area (Å²) in [5, 5.41) is 1.23. The number of aryl methyl sites for hydroxylation is 1. The van der Waals surface area contributed by atoms with Crippen molar-refractivity contribution in [2.75, 3.05) is 26.2 Å². The van der Waals surface area contributed by atoms with Crippen molar-refractivity contribution >= 4 is 16.8 Å². The molecule has 0 bridgehead atoms. The monoisotopic (exact) mass is 347 g/mol. The standard InChI is InChI=1S/C22H25N3O/c26-22(11-10-19-16-23-21-9-5-4-8-20(19)21)25-14-12-24(13-15-25)17-18-6-2-1-3-7-18/h1-9,16,23H,10-15,17H2. The summed E-state index contributed by atoms with van der Waals surface area (Å²) in [6.45, 7) is 4.54. The lowest BCUT2D eigenvalue weighted by atomic mass is 10.1. The molecule has 0 spiro atoms. The van der Waals surface area contributed by atoms with Gasteiger partial charge in [0.2, 0.25) is 5.91 Å². The maximum Gasteiger partial charge on any atom is 0.222 e. The van der Waals surface area contributed by atoms with Crippen LogP contribution in [0.4, 0.5) is 0 Å². The Morgan fingerprint density at radius 3 is 2.46 bits per heavy atom. The lowest BCUT2D eigenvalue weighted by molar-refractivity contribution is -0.132. The molecule has 1 aromatic heterocycles. The molecule has 2 aromatic carbocycles. The van der Waals surface area contributed by atoms with Crippen molar-refractivity contribution < 1.29 is 4.79 Å². The van der Waals surface area contributed by atoms with Crippen molar-refractivity contribution in [2.45, 2.75) is 19.4 Å². The second-order valence-electron chi connectivity index (χ2n) is 7.00. The molecule has 4 nitrogen and oxygen atoms in total. The molecule has 0 unspecified atom stereocenters. The van der Waals surface area contributed by atoms with Crippen molar-refractivity contribution in [2.24, 2.45) is 0 Å². The highest BCUT2D eigenvalue weighted by Gasteiger charge is 2.21. The van der Waals surface area contributed by atoms with Gasteiger partial charge in [0.1, 0.15) is 0 Å². The highest BCUT2D eigenvalue weighted by atomic mass is 16.2. The van der Waals surface area contributed by atoms with E-state index in [1.165, 1.54) is 16.5 Å². The zero-order valence-corrected chi connectivity index (χ0v) is 15.0. The van der Waals surface area contributed by atoms with Crippen LogP contribution in [-0.4, -0.2) is 46.9 Å². The number of piperazine rings is 1. The van der Waals surface area contributed by atoms with Crippen LogP contribution in [0.1, 0.15) is 17.5 Å². The SMILES string of the molecule is O=C(CCc1c[nH]c2ccccc12)N1CCN(Cc2ccccc2)CC1. The average Bonchev–Trinajstić information content (AvgIpc) is 3.11. The number of carbonyl (C=O) groups excluding carboxylic acids is 1. The third kappa shape index (κ3) is 3.81. The molecule has 1 N–H and O–H groups in total. The van der Waals surface area contributed by atoms with E-state index >= 15 is 0 Å². The van der Waals surface area contributed by atoms with Crippen LogP contribution in [0, 0.1) is 0 Å². The fourth-order valence-corrected chi connectivity index (χ4v) is 3.74. The summed E-state index contributed by atoms with van der Waals surface area (Å²) in [6.07, 6.45) is 3.42. The van der Waals surface area contributed by atoms with Gasteiger partial charge in [-0.25, -0.2) is 0 Å². The molecule has 1 saturated heterocycles. The molecule has 4 rings (SSSR count). The van der Waals surface area contributed by atoms with Crippen LogP contribution in [0.5, 0.6) is 0 Å². The molecule has 1 amide bonds. The zero-order valence-electron chi connectivity index (χ0n) is 15.0. The molecule has 0 aliphatic carbocycles. The molecular formula is C22H25N3O.